The van der Waals surface area contributed by atoms with Gasteiger partial charge in [0.05, 0.1) is 6.16 Å². The van der Waals surface area contributed by atoms with E-state index in [9.17, 15) is 9.36 Å². The molecule has 4 aromatic rings. The van der Waals surface area contributed by atoms with Gasteiger partial charge in [-0.1, -0.05) is 84.0 Å². The summed E-state index contributed by atoms with van der Waals surface area (Å²) in [4.78, 5) is 12.6. The summed E-state index contributed by atoms with van der Waals surface area (Å²) >= 11 is 0. The molecule has 0 saturated heterocycles. The van der Waals surface area contributed by atoms with Gasteiger partial charge in [-0.2, -0.15) is 0 Å². The Bertz CT molecular complexity index is 1380. The van der Waals surface area contributed by atoms with Gasteiger partial charge in [0.15, 0.2) is 5.76 Å². The molecule has 0 bridgehead atoms. The number of nitrogens with zero attached hydrogens (tertiary/aromatic N) is 1. The second kappa shape index (κ2) is 11.6. The molecule has 37 heavy (non-hydrogen) atoms. The van der Waals surface area contributed by atoms with Crippen LogP contribution in [0, 0.1) is 6.92 Å². The molecule has 1 heterocycles. The first-order chi connectivity index (χ1) is 17.8. The molecule has 1 N–H and O–H groups in total. The fourth-order valence-electron chi connectivity index (χ4n) is 3.85. The summed E-state index contributed by atoms with van der Waals surface area (Å²) in [5.41, 5.74) is 5.49. The van der Waals surface area contributed by atoms with Crippen LogP contribution in [0.2, 0.25) is 0 Å². The number of aryl methyl sites for hydroxylation is 1. The van der Waals surface area contributed by atoms with Gasteiger partial charge in [0.25, 0.3) is 0 Å². The van der Waals surface area contributed by atoms with E-state index in [1.54, 1.807) is 6.92 Å². The maximum absolute atomic E-state index is 12.6. The number of amides is 1. The number of nitrogens with one attached hydrogen (secondary N) is 1. The van der Waals surface area contributed by atoms with Gasteiger partial charge in [-0.05, 0) is 36.1 Å². The molecule has 0 fully saturated rings. The Kier molecular flexibility index (Phi) is 8.24. The minimum Gasteiger partial charge on any atom is -0.441 e. The number of benzene rings is 3. The second-order valence-electron chi connectivity index (χ2n) is 8.45. The molecule has 0 aliphatic heterocycles. The number of carbonyl (C=O) groups is 1. The van der Waals surface area contributed by atoms with Crippen LogP contribution in [-0.2, 0) is 24.5 Å². The van der Waals surface area contributed by atoms with E-state index in [1.165, 1.54) is 14.2 Å². The average molecular weight is 521 g/mol. The van der Waals surface area contributed by atoms with Crippen molar-refractivity contribution >= 4 is 19.4 Å². The highest BCUT2D eigenvalue weighted by atomic mass is 31.2. The van der Waals surface area contributed by atoms with Crippen LogP contribution in [0.15, 0.2) is 83.4 Å². The van der Waals surface area contributed by atoms with Crippen molar-refractivity contribution in [3.8, 4) is 22.4 Å². The Hall–Kier alpha value is -3.71. The smallest absolute Gasteiger partial charge is 0.412 e. The van der Waals surface area contributed by atoms with Crippen LogP contribution < -0.4 is 5.32 Å². The first-order valence-corrected chi connectivity index (χ1v) is 13.4. The van der Waals surface area contributed by atoms with Crippen LogP contribution in [0.5, 0.6) is 0 Å². The lowest BCUT2D eigenvalue weighted by atomic mass is 10.0. The highest BCUT2D eigenvalue weighted by Crippen LogP contribution is 2.49. The van der Waals surface area contributed by atoms with Crippen LogP contribution in [-0.4, -0.2) is 25.5 Å². The highest BCUT2D eigenvalue weighted by molar-refractivity contribution is 7.52. The minimum atomic E-state index is -3.12. The fraction of sp³-hybridized carbons (Fsp3) is 0.214. The Morgan fingerprint density at radius 2 is 1.49 bits per heavy atom. The largest absolute Gasteiger partial charge is 0.441 e. The number of carbonyl (C=O) groups excluding carboxylic acids is 1. The molecule has 0 aliphatic rings. The highest BCUT2D eigenvalue weighted by Gasteiger charge is 2.22. The van der Waals surface area contributed by atoms with E-state index < -0.39 is 19.8 Å². The van der Waals surface area contributed by atoms with E-state index in [1.807, 2.05) is 85.8 Å². The lowest BCUT2D eigenvalue weighted by Gasteiger charge is -2.14. The zero-order chi connectivity index (χ0) is 26.4. The van der Waals surface area contributed by atoms with Crippen molar-refractivity contribution in [1.82, 2.24) is 5.16 Å². The molecule has 0 spiro atoms. The topological polar surface area (TPSA) is 99.9 Å². The zero-order valence-corrected chi connectivity index (χ0v) is 22.0. The SMILES string of the molecule is COP(=O)(Cc1ccc(-c2ccc(-c3noc(C)c3NC(=O)OC(C)c3ccccc3)cc2)cc1)OC. The number of ether oxygens (including phenoxy) is 1. The third kappa shape index (κ3) is 6.35. The van der Waals surface area contributed by atoms with Crippen LogP contribution in [0.25, 0.3) is 22.4 Å². The molecular formula is C28H29N2O6P. The fourth-order valence-corrected chi connectivity index (χ4v) is 4.92. The van der Waals surface area contributed by atoms with Gasteiger partial charge in [-0.15, -0.1) is 0 Å². The molecular weight excluding hydrogens is 491 g/mol. The predicted octanol–water partition coefficient (Wildman–Crippen LogP) is 7.61. The summed E-state index contributed by atoms with van der Waals surface area (Å²) < 4.78 is 33.3. The molecule has 0 radical (unpaired) electrons. The van der Waals surface area contributed by atoms with E-state index in [-0.39, 0.29) is 6.16 Å². The normalized spacial score (nSPS) is 12.2. The van der Waals surface area contributed by atoms with Crippen LogP contribution in [0.4, 0.5) is 10.5 Å². The third-order valence-corrected chi connectivity index (χ3v) is 7.89. The monoisotopic (exact) mass is 520 g/mol. The Balaban J connectivity index is 1.46. The molecule has 1 aromatic heterocycles. The molecule has 192 valence electrons. The van der Waals surface area contributed by atoms with Crippen molar-refractivity contribution in [2.45, 2.75) is 26.1 Å². The molecule has 0 saturated carbocycles. The second-order valence-corrected chi connectivity index (χ2v) is 10.7. The molecule has 9 heteroatoms. The van der Waals surface area contributed by atoms with Crippen molar-refractivity contribution in [3.63, 3.8) is 0 Å². The molecule has 0 aliphatic carbocycles. The van der Waals surface area contributed by atoms with Crippen molar-refractivity contribution in [2.75, 3.05) is 19.5 Å². The maximum Gasteiger partial charge on any atom is 0.412 e. The molecule has 1 amide bonds. The summed E-state index contributed by atoms with van der Waals surface area (Å²) in [6, 6.07) is 25.0. The predicted molar refractivity (Wildman–Crippen MR) is 142 cm³/mol. The first-order valence-electron chi connectivity index (χ1n) is 11.7. The van der Waals surface area contributed by atoms with Crippen molar-refractivity contribution in [3.05, 3.63) is 95.7 Å². The van der Waals surface area contributed by atoms with Crippen molar-refractivity contribution in [2.24, 2.45) is 0 Å². The summed E-state index contributed by atoms with van der Waals surface area (Å²) in [6.45, 7) is 3.55. The van der Waals surface area contributed by atoms with Gasteiger partial charge >= 0.3 is 13.7 Å². The lowest BCUT2D eigenvalue weighted by Crippen LogP contribution is -2.16. The molecule has 1 atom stereocenters. The quantitative estimate of drug-likeness (QED) is 0.227. The molecule has 4 rings (SSSR count). The third-order valence-electron chi connectivity index (χ3n) is 6.02. The van der Waals surface area contributed by atoms with Crippen molar-refractivity contribution < 1.29 is 27.7 Å². The van der Waals surface area contributed by atoms with Gasteiger partial charge in [0.2, 0.25) is 0 Å². The minimum absolute atomic E-state index is 0.201. The zero-order valence-electron chi connectivity index (χ0n) is 21.1. The summed E-state index contributed by atoms with van der Waals surface area (Å²) in [7, 11) is -0.361. The molecule has 1 unspecified atom stereocenters. The van der Waals surface area contributed by atoms with Crippen molar-refractivity contribution in [1.29, 1.82) is 0 Å². The van der Waals surface area contributed by atoms with Gasteiger partial charge in [0, 0.05) is 19.8 Å². The van der Waals surface area contributed by atoms with Gasteiger partial charge in [0.1, 0.15) is 17.5 Å². The van der Waals surface area contributed by atoms with Crippen LogP contribution in [0.1, 0.15) is 29.9 Å². The summed E-state index contributed by atoms with van der Waals surface area (Å²) in [6.07, 6.45) is -0.800. The number of rotatable bonds is 9. The van der Waals surface area contributed by atoms with Crippen LogP contribution in [0.3, 0.4) is 0 Å². The number of hydrogen-bond acceptors (Lipinski definition) is 7. The standard InChI is InChI=1S/C28H29N2O6P/c1-19(22-8-6-5-7-9-22)35-28(31)29-26-20(2)36-30-27(26)25-16-14-24(15-17-25)23-12-10-21(11-13-23)18-37(32,33-3)34-4/h5-17,19H,18H2,1-4H3,(H,29,31). The Labute approximate surface area is 216 Å². The molecule has 3 aromatic carbocycles. The van der Waals surface area contributed by atoms with Gasteiger partial charge < -0.3 is 18.3 Å². The number of hydrogen-bond donors (Lipinski definition) is 1. The number of anilines is 1. The maximum atomic E-state index is 12.6. The summed E-state index contributed by atoms with van der Waals surface area (Å²) in [5.74, 6) is 0.475. The van der Waals surface area contributed by atoms with Crippen LogP contribution >= 0.6 is 7.60 Å². The lowest BCUT2D eigenvalue weighted by molar-refractivity contribution is 0.121. The average Bonchev–Trinajstić information content (AvgIpc) is 3.29. The number of aromatic nitrogens is 1. The Morgan fingerprint density at radius 1 is 0.919 bits per heavy atom. The van der Waals surface area contributed by atoms with E-state index in [0.29, 0.717) is 17.1 Å². The Morgan fingerprint density at radius 3 is 2.08 bits per heavy atom. The van der Waals surface area contributed by atoms with E-state index in [2.05, 4.69) is 10.5 Å². The van der Waals surface area contributed by atoms with E-state index >= 15 is 0 Å². The summed E-state index contributed by atoms with van der Waals surface area (Å²) in [5, 5.41) is 6.92. The van der Waals surface area contributed by atoms with Gasteiger partial charge in [-0.3, -0.25) is 9.88 Å². The first kappa shape index (κ1) is 26.4. The molecule has 8 nitrogen and oxygen atoms in total. The van der Waals surface area contributed by atoms with Gasteiger partial charge in [-0.25, -0.2) is 4.79 Å². The van der Waals surface area contributed by atoms with E-state index in [0.717, 1.165) is 27.8 Å². The van der Waals surface area contributed by atoms with E-state index in [4.69, 9.17) is 18.3 Å².